The lowest BCUT2D eigenvalue weighted by atomic mass is 10.1. The van der Waals surface area contributed by atoms with E-state index in [9.17, 15) is 4.79 Å². The molecule has 1 heterocycles. The molecule has 0 atom stereocenters. The van der Waals surface area contributed by atoms with Crippen molar-refractivity contribution in [1.82, 2.24) is 10.2 Å². The predicted octanol–water partition coefficient (Wildman–Crippen LogP) is 3.75. The van der Waals surface area contributed by atoms with E-state index in [1.54, 1.807) is 45.7 Å². The minimum Gasteiger partial charge on any atom is -0.493 e. The quantitative estimate of drug-likeness (QED) is 0.611. The Balaban J connectivity index is 1.70. The summed E-state index contributed by atoms with van der Waals surface area (Å²) >= 11 is 0. The number of nitrogens with one attached hydrogen (secondary N) is 2. The molecule has 0 radical (unpaired) electrons. The molecule has 0 saturated heterocycles. The summed E-state index contributed by atoms with van der Waals surface area (Å²) in [5.41, 5.74) is 3.35. The maximum atomic E-state index is 12.2. The summed E-state index contributed by atoms with van der Waals surface area (Å²) in [5, 5.41) is 9.66. The van der Waals surface area contributed by atoms with Crippen LogP contribution in [0.15, 0.2) is 54.7 Å². The molecule has 0 spiro atoms. The van der Waals surface area contributed by atoms with E-state index in [0.717, 1.165) is 16.8 Å². The zero-order valence-electron chi connectivity index (χ0n) is 15.9. The molecule has 144 valence electrons. The van der Waals surface area contributed by atoms with Crippen LogP contribution >= 0.6 is 0 Å². The fourth-order valence-corrected chi connectivity index (χ4v) is 2.70. The van der Waals surface area contributed by atoms with Gasteiger partial charge in [0.05, 0.1) is 27.0 Å². The van der Waals surface area contributed by atoms with Gasteiger partial charge >= 0.3 is 0 Å². The van der Waals surface area contributed by atoms with E-state index in [2.05, 4.69) is 15.5 Å². The molecule has 0 fully saturated rings. The normalized spacial score (nSPS) is 10.7. The number of rotatable bonds is 7. The molecule has 2 N–H and O–H groups in total. The van der Waals surface area contributed by atoms with Gasteiger partial charge in [0.1, 0.15) is 0 Å². The number of carbonyl (C=O) groups excluding carboxylic acids is 1. The van der Waals surface area contributed by atoms with Gasteiger partial charge in [0.2, 0.25) is 11.7 Å². The average Bonchev–Trinajstić information content (AvgIpc) is 3.26. The van der Waals surface area contributed by atoms with Crippen molar-refractivity contribution in [3.63, 3.8) is 0 Å². The largest absolute Gasteiger partial charge is 0.493 e. The van der Waals surface area contributed by atoms with Crippen LogP contribution in [0.5, 0.6) is 17.2 Å². The maximum Gasteiger partial charge on any atom is 0.248 e. The topological polar surface area (TPSA) is 85.5 Å². The van der Waals surface area contributed by atoms with Gasteiger partial charge in [0.25, 0.3) is 0 Å². The number of hydrogen-bond donors (Lipinski definition) is 2. The number of H-pyrrole nitrogens is 1. The highest BCUT2D eigenvalue weighted by Crippen LogP contribution is 2.38. The van der Waals surface area contributed by atoms with E-state index >= 15 is 0 Å². The average molecular weight is 379 g/mol. The smallest absolute Gasteiger partial charge is 0.248 e. The number of methoxy groups -OCH3 is 3. The number of nitrogens with zero attached hydrogens (tertiary/aromatic N) is 1. The van der Waals surface area contributed by atoms with Gasteiger partial charge in [0, 0.05) is 18.0 Å². The number of anilines is 1. The fraction of sp³-hybridized carbons (Fsp3) is 0.143. The Morgan fingerprint density at radius 1 is 1.00 bits per heavy atom. The van der Waals surface area contributed by atoms with Crippen LogP contribution in [-0.2, 0) is 4.79 Å². The molecule has 1 amide bonds. The van der Waals surface area contributed by atoms with Crippen molar-refractivity contribution in [2.24, 2.45) is 0 Å². The monoisotopic (exact) mass is 379 g/mol. The second kappa shape index (κ2) is 8.77. The van der Waals surface area contributed by atoms with Gasteiger partial charge in [0.15, 0.2) is 11.5 Å². The Bertz CT molecular complexity index is 939. The van der Waals surface area contributed by atoms with Crippen molar-refractivity contribution in [2.75, 3.05) is 26.6 Å². The van der Waals surface area contributed by atoms with Crippen molar-refractivity contribution in [1.29, 1.82) is 0 Å². The molecule has 7 heteroatoms. The van der Waals surface area contributed by atoms with Gasteiger partial charge in [-0.05, 0) is 47.5 Å². The molecular weight excluding hydrogens is 358 g/mol. The van der Waals surface area contributed by atoms with Crippen LogP contribution in [0.2, 0.25) is 0 Å². The SMILES string of the molecule is COc1cc(/C=C/C(=O)Nc2ccc(-c3ccn[nH]3)cc2)cc(OC)c1OC. The standard InChI is InChI=1S/C21H21N3O4/c1-26-18-12-14(13-19(27-2)21(18)28-3)4-9-20(25)23-16-7-5-15(6-8-16)17-10-11-22-24-17/h4-13H,1-3H3,(H,22,24)(H,23,25)/b9-4+. The number of carbonyl (C=O) groups is 1. The van der Waals surface area contributed by atoms with Gasteiger partial charge in [-0.2, -0.15) is 5.10 Å². The Morgan fingerprint density at radius 3 is 2.21 bits per heavy atom. The van der Waals surface area contributed by atoms with Crippen molar-refractivity contribution < 1.29 is 19.0 Å². The molecular formula is C21H21N3O4. The fourth-order valence-electron chi connectivity index (χ4n) is 2.70. The molecule has 0 saturated carbocycles. The second-order valence-corrected chi connectivity index (χ2v) is 5.83. The summed E-state index contributed by atoms with van der Waals surface area (Å²) < 4.78 is 15.9. The highest BCUT2D eigenvalue weighted by atomic mass is 16.5. The molecule has 0 unspecified atom stereocenters. The maximum absolute atomic E-state index is 12.2. The number of amides is 1. The summed E-state index contributed by atoms with van der Waals surface area (Å²) in [6, 6.07) is 12.9. The third kappa shape index (κ3) is 4.32. The Hall–Kier alpha value is -3.74. The first-order chi connectivity index (χ1) is 13.6. The van der Waals surface area contributed by atoms with Gasteiger partial charge in [-0.3, -0.25) is 9.89 Å². The number of benzene rings is 2. The molecule has 28 heavy (non-hydrogen) atoms. The minimum absolute atomic E-state index is 0.247. The molecule has 1 aromatic heterocycles. The molecule has 3 aromatic rings. The van der Waals surface area contributed by atoms with Crippen molar-refractivity contribution in [3.05, 3.63) is 60.3 Å². The van der Waals surface area contributed by atoms with E-state index in [1.165, 1.54) is 6.08 Å². The van der Waals surface area contributed by atoms with E-state index in [0.29, 0.717) is 22.9 Å². The lowest BCUT2D eigenvalue weighted by Crippen LogP contribution is -2.07. The van der Waals surface area contributed by atoms with Crippen molar-refractivity contribution >= 4 is 17.7 Å². The molecule has 7 nitrogen and oxygen atoms in total. The lowest BCUT2D eigenvalue weighted by molar-refractivity contribution is -0.111. The first kappa shape index (κ1) is 19.0. The zero-order chi connectivity index (χ0) is 19.9. The van der Waals surface area contributed by atoms with Gasteiger partial charge in [-0.1, -0.05) is 12.1 Å². The number of aromatic amines is 1. The Kier molecular flexibility index (Phi) is 5.96. The molecule has 0 aliphatic heterocycles. The number of hydrogen-bond acceptors (Lipinski definition) is 5. The van der Waals surface area contributed by atoms with Gasteiger partial charge in [-0.25, -0.2) is 0 Å². The van der Waals surface area contributed by atoms with Gasteiger partial charge in [-0.15, -0.1) is 0 Å². The van der Waals surface area contributed by atoms with E-state index < -0.39 is 0 Å². The first-order valence-corrected chi connectivity index (χ1v) is 8.53. The summed E-state index contributed by atoms with van der Waals surface area (Å²) in [4.78, 5) is 12.2. The molecule has 3 rings (SSSR count). The molecule has 0 aliphatic rings. The molecule has 0 bridgehead atoms. The van der Waals surface area contributed by atoms with Crippen LogP contribution in [0, 0.1) is 0 Å². The van der Waals surface area contributed by atoms with Crippen LogP contribution < -0.4 is 19.5 Å². The van der Waals surface area contributed by atoms with Crippen molar-refractivity contribution in [3.8, 4) is 28.5 Å². The Labute approximate surface area is 162 Å². The first-order valence-electron chi connectivity index (χ1n) is 8.53. The van der Waals surface area contributed by atoms with Crippen LogP contribution in [0.3, 0.4) is 0 Å². The lowest BCUT2D eigenvalue weighted by Gasteiger charge is -2.12. The predicted molar refractivity (Wildman–Crippen MR) is 108 cm³/mol. The minimum atomic E-state index is -0.247. The van der Waals surface area contributed by atoms with Crippen molar-refractivity contribution in [2.45, 2.75) is 0 Å². The number of ether oxygens (including phenoxy) is 3. The third-order valence-corrected chi connectivity index (χ3v) is 4.08. The van der Waals surface area contributed by atoms with Crippen LogP contribution in [0.25, 0.3) is 17.3 Å². The Morgan fingerprint density at radius 2 is 1.68 bits per heavy atom. The summed E-state index contributed by atoms with van der Waals surface area (Å²) in [6.45, 7) is 0. The summed E-state index contributed by atoms with van der Waals surface area (Å²) in [6.07, 6.45) is 4.82. The number of aromatic nitrogens is 2. The zero-order valence-corrected chi connectivity index (χ0v) is 15.9. The summed E-state index contributed by atoms with van der Waals surface area (Å²) in [5.74, 6) is 1.31. The van der Waals surface area contributed by atoms with E-state index in [1.807, 2.05) is 30.3 Å². The second-order valence-electron chi connectivity index (χ2n) is 5.83. The highest BCUT2D eigenvalue weighted by molar-refractivity contribution is 6.02. The van der Waals surface area contributed by atoms with Crippen LogP contribution in [-0.4, -0.2) is 37.4 Å². The van der Waals surface area contributed by atoms with E-state index in [-0.39, 0.29) is 5.91 Å². The highest BCUT2D eigenvalue weighted by Gasteiger charge is 2.12. The van der Waals surface area contributed by atoms with Crippen LogP contribution in [0.1, 0.15) is 5.56 Å². The molecule has 0 aliphatic carbocycles. The molecule has 2 aromatic carbocycles. The third-order valence-electron chi connectivity index (χ3n) is 4.08. The summed E-state index contributed by atoms with van der Waals surface area (Å²) in [7, 11) is 4.63. The van der Waals surface area contributed by atoms with E-state index in [4.69, 9.17) is 14.2 Å². The van der Waals surface area contributed by atoms with Crippen LogP contribution in [0.4, 0.5) is 5.69 Å². The van der Waals surface area contributed by atoms with Gasteiger partial charge < -0.3 is 19.5 Å².